The number of carbonyl (C=O) groups is 2. The second-order valence-electron chi connectivity index (χ2n) is 5.38. The molecular weight excluding hydrogens is 254 g/mol. The van der Waals surface area contributed by atoms with Crippen molar-refractivity contribution >= 4 is 11.8 Å². The van der Waals surface area contributed by atoms with E-state index in [1.165, 1.54) is 5.56 Å². The van der Waals surface area contributed by atoms with Crippen molar-refractivity contribution in [2.24, 2.45) is 11.7 Å². The summed E-state index contributed by atoms with van der Waals surface area (Å²) in [6.45, 7) is 2.41. The quantitative estimate of drug-likeness (QED) is 0.717. The van der Waals surface area contributed by atoms with Gasteiger partial charge in [0.2, 0.25) is 11.8 Å². The maximum Gasteiger partial charge on any atom is 0.239 e. The topological polar surface area (TPSA) is 84.2 Å². The third-order valence-electron chi connectivity index (χ3n) is 3.69. The third-order valence-corrected chi connectivity index (χ3v) is 3.69. The molecule has 0 bridgehead atoms. The first-order valence-corrected chi connectivity index (χ1v) is 6.93. The standard InChI is InChI=1S/C15H21N3O2/c1-10(14(16)19)18-15(20)13-8-12(9-17-13)7-11-5-3-2-4-6-11/h2-6,10,12-13,17H,7-9H2,1H3,(H2,16,19)(H,18,20)/t10-,12-,13+/m0/s1. The molecular formula is C15H21N3O2. The van der Waals surface area contributed by atoms with E-state index in [-0.39, 0.29) is 11.9 Å². The zero-order valence-corrected chi connectivity index (χ0v) is 11.6. The fraction of sp³-hybridized carbons (Fsp3) is 0.467. The molecule has 1 saturated heterocycles. The Morgan fingerprint density at radius 2 is 2.10 bits per heavy atom. The molecule has 1 aliphatic rings. The van der Waals surface area contributed by atoms with Gasteiger partial charge in [0.25, 0.3) is 0 Å². The lowest BCUT2D eigenvalue weighted by atomic mass is 9.96. The molecule has 0 saturated carbocycles. The van der Waals surface area contributed by atoms with Gasteiger partial charge in [0, 0.05) is 0 Å². The summed E-state index contributed by atoms with van der Waals surface area (Å²) in [6.07, 6.45) is 1.75. The number of nitrogens with two attached hydrogens (primary N) is 1. The van der Waals surface area contributed by atoms with Gasteiger partial charge >= 0.3 is 0 Å². The van der Waals surface area contributed by atoms with Gasteiger partial charge in [0.15, 0.2) is 0 Å². The van der Waals surface area contributed by atoms with E-state index in [9.17, 15) is 9.59 Å². The van der Waals surface area contributed by atoms with Gasteiger partial charge in [-0.1, -0.05) is 30.3 Å². The highest BCUT2D eigenvalue weighted by molar-refractivity contribution is 5.88. The molecule has 1 aliphatic heterocycles. The molecule has 4 N–H and O–H groups in total. The molecule has 108 valence electrons. The van der Waals surface area contributed by atoms with E-state index in [2.05, 4.69) is 22.8 Å². The number of amides is 2. The van der Waals surface area contributed by atoms with Gasteiger partial charge < -0.3 is 16.4 Å². The monoisotopic (exact) mass is 275 g/mol. The molecule has 2 rings (SSSR count). The Labute approximate surface area is 118 Å². The highest BCUT2D eigenvalue weighted by Crippen LogP contribution is 2.19. The molecule has 5 heteroatoms. The van der Waals surface area contributed by atoms with E-state index >= 15 is 0 Å². The van der Waals surface area contributed by atoms with E-state index in [1.807, 2.05) is 18.2 Å². The minimum Gasteiger partial charge on any atom is -0.368 e. The fourth-order valence-electron chi connectivity index (χ4n) is 2.50. The average Bonchev–Trinajstić information content (AvgIpc) is 2.88. The van der Waals surface area contributed by atoms with Crippen molar-refractivity contribution < 1.29 is 9.59 Å². The van der Waals surface area contributed by atoms with E-state index in [1.54, 1.807) is 6.92 Å². The molecule has 1 aromatic carbocycles. The van der Waals surface area contributed by atoms with Gasteiger partial charge in [0.1, 0.15) is 6.04 Å². The lowest BCUT2D eigenvalue weighted by Crippen LogP contribution is -2.48. The Bertz CT molecular complexity index is 475. The summed E-state index contributed by atoms with van der Waals surface area (Å²) in [5.74, 6) is -0.221. The molecule has 2 amide bonds. The first kappa shape index (κ1) is 14.5. The lowest BCUT2D eigenvalue weighted by molar-refractivity contribution is -0.128. The Hall–Kier alpha value is -1.88. The van der Waals surface area contributed by atoms with Crippen LogP contribution in [0.2, 0.25) is 0 Å². The second-order valence-corrected chi connectivity index (χ2v) is 5.38. The number of hydrogen-bond acceptors (Lipinski definition) is 3. The summed E-state index contributed by atoms with van der Waals surface area (Å²) in [5.41, 5.74) is 6.42. The summed E-state index contributed by atoms with van der Waals surface area (Å²) in [4.78, 5) is 22.9. The molecule has 0 radical (unpaired) electrons. The molecule has 0 aromatic heterocycles. The minimum absolute atomic E-state index is 0.146. The molecule has 0 unspecified atom stereocenters. The zero-order valence-electron chi connectivity index (χ0n) is 11.6. The van der Waals surface area contributed by atoms with Gasteiger partial charge in [0.05, 0.1) is 6.04 Å². The number of rotatable bonds is 5. The van der Waals surface area contributed by atoms with Crippen LogP contribution in [0.15, 0.2) is 30.3 Å². The highest BCUT2D eigenvalue weighted by atomic mass is 16.2. The SMILES string of the molecule is C[C@H](NC(=O)[C@H]1C[C@H](Cc2ccccc2)CN1)C(N)=O. The van der Waals surface area contributed by atoms with Crippen molar-refractivity contribution in [3.8, 4) is 0 Å². The van der Waals surface area contributed by atoms with Crippen LogP contribution in [0, 0.1) is 5.92 Å². The summed E-state index contributed by atoms with van der Waals surface area (Å²) < 4.78 is 0. The molecule has 0 spiro atoms. The van der Waals surface area contributed by atoms with Crippen molar-refractivity contribution in [2.45, 2.75) is 31.8 Å². The number of hydrogen-bond donors (Lipinski definition) is 3. The van der Waals surface area contributed by atoms with Gasteiger partial charge in [-0.05, 0) is 37.8 Å². The van der Waals surface area contributed by atoms with Gasteiger partial charge in [-0.15, -0.1) is 0 Å². The number of primary amides is 1. The van der Waals surface area contributed by atoms with Crippen molar-refractivity contribution in [1.29, 1.82) is 0 Å². The molecule has 3 atom stereocenters. The normalized spacial score (nSPS) is 23.2. The third kappa shape index (κ3) is 3.81. The van der Waals surface area contributed by atoms with Crippen LogP contribution in [0.4, 0.5) is 0 Å². The van der Waals surface area contributed by atoms with Gasteiger partial charge in [-0.25, -0.2) is 0 Å². The van der Waals surface area contributed by atoms with Gasteiger partial charge in [-0.2, -0.15) is 0 Å². The zero-order chi connectivity index (χ0) is 14.5. The van der Waals surface area contributed by atoms with E-state index in [0.29, 0.717) is 5.92 Å². The van der Waals surface area contributed by atoms with Crippen LogP contribution >= 0.6 is 0 Å². The van der Waals surface area contributed by atoms with Crippen LogP contribution in [0.25, 0.3) is 0 Å². The molecule has 0 aliphatic carbocycles. The van der Waals surface area contributed by atoms with Crippen molar-refractivity contribution in [1.82, 2.24) is 10.6 Å². The van der Waals surface area contributed by atoms with Gasteiger partial charge in [-0.3, -0.25) is 9.59 Å². The number of carbonyl (C=O) groups excluding carboxylic acids is 2. The molecule has 1 aromatic rings. The van der Waals surface area contributed by atoms with Crippen molar-refractivity contribution in [2.75, 3.05) is 6.54 Å². The predicted octanol–water partition coefficient (Wildman–Crippen LogP) is 0.197. The van der Waals surface area contributed by atoms with E-state index < -0.39 is 11.9 Å². The first-order chi connectivity index (χ1) is 9.56. The number of benzene rings is 1. The Morgan fingerprint density at radius 3 is 2.75 bits per heavy atom. The largest absolute Gasteiger partial charge is 0.368 e. The van der Waals surface area contributed by atoms with Crippen LogP contribution in [0.5, 0.6) is 0 Å². The Balaban J connectivity index is 1.83. The second kappa shape index (κ2) is 6.52. The highest BCUT2D eigenvalue weighted by Gasteiger charge is 2.30. The smallest absolute Gasteiger partial charge is 0.239 e. The summed E-state index contributed by atoms with van der Waals surface area (Å²) in [6, 6.07) is 9.39. The van der Waals surface area contributed by atoms with E-state index in [0.717, 1.165) is 19.4 Å². The predicted molar refractivity (Wildman–Crippen MR) is 76.8 cm³/mol. The van der Waals surface area contributed by atoms with Crippen LogP contribution in [-0.4, -0.2) is 30.4 Å². The molecule has 1 heterocycles. The van der Waals surface area contributed by atoms with Crippen LogP contribution in [0.3, 0.4) is 0 Å². The maximum atomic E-state index is 12.0. The first-order valence-electron chi connectivity index (χ1n) is 6.93. The van der Waals surface area contributed by atoms with Crippen molar-refractivity contribution in [3.05, 3.63) is 35.9 Å². The average molecular weight is 275 g/mol. The van der Waals surface area contributed by atoms with Crippen LogP contribution < -0.4 is 16.4 Å². The molecule has 1 fully saturated rings. The van der Waals surface area contributed by atoms with Crippen LogP contribution in [-0.2, 0) is 16.0 Å². The molecule has 20 heavy (non-hydrogen) atoms. The van der Waals surface area contributed by atoms with E-state index in [4.69, 9.17) is 5.73 Å². The van der Waals surface area contributed by atoms with Crippen molar-refractivity contribution in [3.63, 3.8) is 0 Å². The summed E-state index contributed by atoms with van der Waals surface area (Å²) >= 11 is 0. The Kier molecular flexibility index (Phi) is 4.74. The summed E-state index contributed by atoms with van der Waals surface area (Å²) in [7, 11) is 0. The fourth-order valence-corrected chi connectivity index (χ4v) is 2.50. The maximum absolute atomic E-state index is 12.0. The minimum atomic E-state index is -0.627. The van der Waals surface area contributed by atoms with Crippen LogP contribution in [0.1, 0.15) is 18.9 Å². The lowest BCUT2D eigenvalue weighted by Gasteiger charge is -2.14. The number of nitrogens with one attached hydrogen (secondary N) is 2. The Morgan fingerprint density at radius 1 is 1.40 bits per heavy atom. The molecule has 5 nitrogen and oxygen atoms in total. The summed E-state index contributed by atoms with van der Waals surface area (Å²) in [5, 5.41) is 5.84.